The molecular formula is C20H17F2N3O. The zero-order valence-corrected chi connectivity index (χ0v) is 14.1. The number of amides is 1. The van der Waals surface area contributed by atoms with Crippen molar-refractivity contribution in [2.45, 2.75) is 13.5 Å². The number of nitrogens with one attached hydrogen (secondary N) is 2. The molecule has 0 spiro atoms. The molecule has 1 amide bonds. The number of carbonyl (C=O) groups is 1. The Kier molecular flexibility index (Phi) is 5.22. The van der Waals surface area contributed by atoms with Crippen LogP contribution in [0, 0.1) is 18.6 Å². The van der Waals surface area contributed by atoms with Gasteiger partial charge in [0.15, 0.2) is 11.6 Å². The fourth-order valence-corrected chi connectivity index (χ4v) is 2.40. The summed E-state index contributed by atoms with van der Waals surface area (Å²) in [4.78, 5) is 16.2. The van der Waals surface area contributed by atoms with E-state index in [4.69, 9.17) is 0 Å². The molecule has 0 radical (unpaired) electrons. The zero-order valence-electron chi connectivity index (χ0n) is 14.1. The quantitative estimate of drug-likeness (QED) is 0.708. The van der Waals surface area contributed by atoms with Crippen LogP contribution in [0.2, 0.25) is 0 Å². The van der Waals surface area contributed by atoms with E-state index < -0.39 is 17.5 Å². The van der Waals surface area contributed by atoms with Crippen molar-refractivity contribution < 1.29 is 13.6 Å². The molecule has 132 valence electrons. The van der Waals surface area contributed by atoms with Gasteiger partial charge in [-0.15, -0.1) is 0 Å². The molecule has 2 aromatic carbocycles. The summed E-state index contributed by atoms with van der Waals surface area (Å²) < 4.78 is 26.1. The van der Waals surface area contributed by atoms with Gasteiger partial charge < -0.3 is 10.6 Å². The largest absolute Gasteiger partial charge is 0.380 e. The second-order valence-corrected chi connectivity index (χ2v) is 5.80. The van der Waals surface area contributed by atoms with Crippen LogP contribution in [0.15, 0.2) is 60.8 Å². The highest BCUT2D eigenvalue weighted by atomic mass is 19.2. The van der Waals surface area contributed by atoms with Gasteiger partial charge in [-0.05, 0) is 48.4 Å². The van der Waals surface area contributed by atoms with Crippen molar-refractivity contribution in [2.24, 2.45) is 0 Å². The average Bonchev–Trinajstić information content (AvgIpc) is 2.64. The topological polar surface area (TPSA) is 54.0 Å². The van der Waals surface area contributed by atoms with E-state index in [0.717, 1.165) is 17.8 Å². The lowest BCUT2D eigenvalue weighted by Crippen LogP contribution is -2.13. The van der Waals surface area contributed by atoms with Crippen LogP contribution in [-0.2, 0) is 6.54 Å². The first-order chi connectivity index (χ1) is 12.5. The molecule has 2 N–H and O–H groups in total. The van der Waals surface area contributed by atoms with Gasteiger partial charge in [0, 0.05) is 12.1 Å². The second-order valence-electron chi connectivity index (χ2n) is 5.80. The van der Waals surface area contributed by atoms with E-state index in [-0.39, 0.29) is 5.56 Å². The van der Waals surface area contributed by atoms with Gasteiger partial charge in [-0.1, -0.05) is 24.3 Å². The van der Waals surface area contributed by atoms with Gasteiger partial charge in [0.1, 0.15) is 5.82 Å². The number of nitrogens with zero attached hydrogens (tertiary/aromatic N) is 1. The molecular weight excluding hydrogens is 336 g/mol. The molecule has 6 heteroatoms. The number of carbonyl (C=O) groups excluding carboxylic acids is 1. The highest BCUT2D eigenvalue weighted by molar-refractivity contribution is 6.03. The molecule has 1 aromatic heterocycles. The van der Waals surface area contributed by atoms with Crippen molar-refractivity contribution >= 4 is 17.4 Å². The molecule has 0 unspecified atom stereocenters. The molecule has 0 saturated carbocycles. The van der Waals surface area contributed by atoms with E-state index >= 15 is 0 Å². The van der Waals surface area contributed by atoms with E-state index in [9.17, 15) is 13.6 Å². The lowest BCUT2D eigenvalue weighted by Gasteiger charge is -2.10. The highest BCUT2D eigenvalue weighted by Gasteiger charge is 2.10. The molecule has 4 nitrogen and oxygen atoms in total. The Hall–Kier alpha value is -3.28. The minimum Gasteiger partial charge on any atom is -0.380 e. The van der Waals surface area contributed by atoms with Crippen LogP contribution in [0.3, 0.4) is 0 Å². The number of aromatic nitrogens is 1. The van der Waals surface area contributed by atoms with Crippen LogP contribution in [0.25, 0.3) is 0 Å². The van der Waals surface area contributed by atoms with Crippen LogP contribution < -0.4 is 10.6 Å². The summed E-state index contributed by atoms with van der Waals surface area (Å²) in [5.41, 5.74) is 3.21. The Balaban J connectivity index is 1.61. The van der Waals surface area contributed by atoms with Gasteiger partial charge in [-0.3, -0.25) is 4.79 Å². The third kappa shape index (κ3) is 4.22. The number of pyridine rings is 1. The lowest BCUT2D eigenvalue weighted by atomic mass is 10.1. The van der Waals surface area contributed by atoms with E-state index in [0.29, 0.717) is 12.4 Å². The average molecular weight is 353 g/mol. The first kappa shape index (κ1) is 17.5. The normalized spacial score (nSPS) is 10.4. The minimum absolute atomic E-state index is 0.0208. The molecule has 3 aromatic rings. The standard InChI is InChI=1S/C20H17F2N3O/c1-13-4-2-3-5-15(13)11-23-16-7-9-19(24-12-16)25-20(26)14-6-8-17(21)18(22)10-14/h2-10,12,23H,11H2,1H3,(H,24,25,26). The molecule has 0 saturated heterocycles. The SMILES string of the molecule is Cc1ccccc1CNc1ccc(NC(=O)c2ccc(F)c(F)c2)nc1. The van der Waals surface area contributed by atoms with Gasteiger partial charge in [0.25, 0.3) is 5.91 Å². The van der Waals surface area contributed by atoms with Crippen LogP contribution in [0.4, 0.5) is 20.3 Å². The van der Waals surface area contributed by atoms with E-state index in [1.807, 2.05) is 31.2 Å². The third-order valence-electron chi connectivity index (χ3n) is 3.93. The van der Waals surface area contributed by atoms with Crippen molar-refractivity contribution in [1.29, 1.82) is 0 Å². The van der Waals surface area contributed by atoms with Gasteiger partial charge >= 0.3 is 0 Å². The zero-order chi connectivity index (χ0) is 18.5. The second kappa shape index (κ2) is 7.74. The van der Waals surface area contributed by atoms with Gasteiger partial charge in [0.2, 0.25) is 0 Å². The minimum atomic E-state index is -1.07. The molecule has 1 heterocycles. The monoisotopic (exact) mass is 353 g/mol. The van der Waals surface area contributed by atoms with Crippen LogP contribution in [0.1, 0.15) is 21.5 Å². The maximum atomic E-state index is 13.2. The molecule has 0 atom stereocenters. The molecule has 26 heavy (non-hydrogen) atoms. The maximum Gasteiger partial charge on any atom is 0.256 e. The van der Waals surface area contributed by atoms with Gasteiger partial charge in [0.05, 0.1) is 11.9 Å². The smallest absolute Gasteiger partial charge is 0.256 e. The maximum absolute atomic E-state index is 13.2. The lowest BCUT2D eigenvalue weighted by molar-refractivity contribution is 0.102. The van der Waals surface area contributed by atoms with Crippen molar-refractivity contribution in [2.75, 3.05) is 10.6 Å². The third-order valence-corrected chi connectivity index (χ3v) is 3.93. The Bertz CT molecular complexity index is 927. The summed E-state index contributed by atoms with van der Waals surface area (Å²) in [5.74, 6) is -2.30. The molecule has 0 fully saturated rings. The predicted octanol–water partition coefficient (Wildman–Crippen LogP) is 4.53. The Morgan fingerprint density at radius 2 is 1.85 bits per heavy atom. The predicted molar refractivity (Wildman–Crippen MR) is 97.1 cm³/mol. The fourth-order valence-electron chi connectivity index (χ4n) is 2.40. The summed E-state index contributed by atoms with van der Waals surface area (Å²) in [5, 5.41) is 5.81. The van der Waals surface area contributed by atoms with Crippen LogP contribution >= 0.6 is 0 Å². The summed E-state index contributed by atoms with van der Waals surface area (Å²) in [6.07, 6.45) is 1.60. The number of hydrogen-bond donors (Lipinski definition) is 2. The highest BCUT2D eigenvalue weighted by Crippen LogP contribution is 2.15. The summed E-state index contributed by atoms with van der Waals surface area (Å²) in [7, 11) is 0. The van der Waals surface area contributed by atoms with Crippen LogP contribution in [0.5, 0.6) is 0 Å². The summed E-state index contributed by atoms with van der Waals surface area (Å²) in [6, 6.07) is 14.5. The first-order valence-electron chi connectivity index (χ1n) is 8.04. The van der Waals surface area contributed by atoms with Crippen molar-refractivity contribution in [3.63, 3.8) is 0 Å². The molecule has 0 aliphatic rings. The van der Waals surface area contributed by atoms with Gasteiger partial charge in [-0.2, -0.15) is 0 Å². The molecule has 3 rings (SSSR count). The number of hydrogen-bond acceptors (Lipinski definition) is 3. The number of rotatable bonds is 5. The molecule has 0 aliphatic carbocycles. The number of halogens is 2. The van der Waals surface area contributed by atoms with Crippen molar-refractivity contribution in [3.05, 3.63) is 89.1 Å². The van der Waals surface area contributed by atoms with Crippen molar-refractivity contribution in [3.8, 4) is 0 Å². The number of benzene rings is 2. The van der Waals surface area contributed by atoms with Crippen LogP contribution in [-0.4, -0.2) is 10.9 Å². The molecule has 0 bridgehead atoms. The summed E-state index contributed by atoms with van der Waals surface area (Å²) >= 11 is 0. The Morgan fingerprint density at radius 3 is 2.54 bits per heavy atom. The van der Waals surface area contributed by atoms with E-state index in [2.05, 4.69) is 15.6 Å². The van der Waals surface area contributed by atoms with E-state index in [1.54, 1.807) is 18.3 Å². The Labute approximate surface area is 149 Å². The number of anilines is 2. The van der Waals surface area contributed by atoms with E-state index in [1.165, 1.54) is 17.2 Å². The first-order valence-corrected chi connectivity index (χ1v) is 8.04. The van der Waals surface area contributed by atoms with Crippen molar-refractivity contribution in [1.82, 2.24) is 4.98 Å². The Morgan fingerprint density at radius 1 is 1.04 bits per heavy atom. The molecule has 0 aliphatic heterocycles. The fraction of sp³-hybridized carbons (Fsp3) is 0.100. The summed E-state index contributed by atoms with van der Waals surface area (Å²) in [6.45, 7) is 2.71. The van der Waals surface area contributed by atoms with Gasteiger partial charge in [-0.25, -0.2) is 13.8 Å². The number of aryl methyl sites for hydroxylation is 1.